The molecule has 1 N–H and O–H groups in total. The van der Waals surface area contributed by atoms with Crippen LogP contribution in [0.5, 0.6) is 0 Å². The molecule has 6 heteroatoms. The van der Waals surface area contributed by atoms with Gasteiger partial charge in [-0.2, -0.15) is 0 Å². The summed E-state index contributed by atoms with van der Waals surface area (Å²) >= 11 is 0. The molecule has 3 atom stereocenters. The molecular weight excluding hydrogens is 316 g/mol. The Bertz CT molecular complexity index is 786. The van der Waals surface area contributed by atoms with Crippen LogP contribution in [0.15, 0.2) is 45.7 Å². The van der Waals surface area contributed by atoms with Crippen LogP contribution in [0, 0.1) is 12.3 Å². The number of benzene rings is 1. The van der Waals surface area contributed by atoms with Gasteiger partial charge in [0.2, 0.25) is 9.84 Å². The van der Waals surface area contributed by atoms with Gasteiger partial charge >= 0.3 is 0 Å². The SMILES string of the molecule is C#CC1=C(S(=O)(=O)c2ccccc2)C[C@H]2OC(C)(C)O[C@H]2[C@H]1O. The molecule has 2 aliphatic rings. The Hall–Kier alpha value is -1.65. The number of terminal acetylenes is 1. The van der Waals surface area contributed by atoms with E-state index >= 15 is 0 Å². The number of hydrogen-bond acceptors (Lipinski definition) is 5. The van der Waals surface area contributed by atoms with Crippen LogP contribution in [0.1, 0.15) is 20.3 Å². The third-order valence-electron chi connectivity index (χ3n) is 4.05. The summed E-state index contributed by atoms with van der Waals surface area (Å²) in [5, 5.41) is 10.5. The van der Waals surface area contributed by atoms with Crippen LogP contribution in [0.4, 0.5) is 0 Å². The Morgan fingerprint density at radius 3 is 2.52 bits per heavy atom. The van der Waals surface area contributed by atoms with Gasteiger partial charge in [-0.05, 0) is 26.0 Å². The lowest BCUT2D eigenvalue weighted by Crippen LogP contribution is -2.42. The lowest BCUT2D eigenvalue weighted by molar-refractivity contribution is -0.151. The first-order valence-electron chi connectivity index (χ1n) is 7.30. The van der Waals surface area contributed by atoms with Crippen LogP contribution in [0.2, 0.25) is 0 Å². The number of sulfone groups is 1. The van der Waals surface area contributed by atoms with E-state index < -0.39 is 33.9 Å². The molecule has 1 aromatic carbocycles. The molecule has 1 heterocycles. The van der Waals surface area contributed by atoms with E-state index in [0.29, 0.717) is 0 Å². The molecule has 0 spiro atoms. The molecule has 0 bridgehead atoms. The molecule has 1 saturated heterocycles. The minimum absolute atomic E-state index is 0.0289. The molecule has 3 rings (SSSR count). The molecule has 1 aliphatic heterocycles. The molecule has 122 valence electrons. The standard InChI is InChI=1S/C17H18O5S/c1-4-12-14(23(19,20)11-8-6-5-7-9-11)10-13-16(15(12)18)22-17(2,3)21-13/h1,5-9,13,15-16,18H,10H2,2-3H3/t13-,15+,16-/m1/s1. The summed E-state index contributed by atoms with van der Waals surface area (Å²) in [6.45, 7) is 3.44. The monoisotopic (exact) mass is 334 g/mol. The van der Waals surface area contributed by atoms with E-state index in [0.717, 1.165) is 0 Å². The summed E-state index contributed by atoms with van der Waals surface area (Å²) in [5.41, 5.74) is 0.0522. The van der Waals surface area contributed by atoms with Crippen molar-refractivity contribution in [1.82, 2.24) is 0 Å². The van der Waals surface area contributed by atoms with Crippen LogP contribution >= 0.6 is 0 Å². The third-order valence-corrected chi connectivity index (χ3v) is 5.98. The van der Waals surface area contributed by atoms with Crippen LogP contribution in [-0.4, -0.2) is 37.6 Å². The Labute approximate surface area is 135 Å². The van der Waals surface area contributed by atoms with Crippen LogP contribution in [0.25, 0.3) is 0 Å². The zero-order valence-electron chi connectivity index (χ0n) is 12.9. The number of hydrogen-bond donors (Lipinski definition) is 1. The fourth-order valence-electron chi connectivity index (χ4n) is 3.07. The van der Waals surface area contributed by atoms with E-state index in [9.17, 15) is 13.5 Å². The van der Waals surface area contributed by atoms with Crippen molar-refractivity contribution in [2.24, 2.45) is 0 Å². The molecule has 0 aromatic heterocycles. The van der Waals surface area contributed by atoms with Gasteiger partial charge in [0, 0.05) is 12.0 Å². The fourth-order valence-corrected chi connectivity index (χ4v) is 4.73. The lowest BCUT2D eigenvalue weighted by Gasteiger charge is -2.30. The smallest absolute Gasteiger partial charge is 0.203 e. The first-order chi connectivity index (χ1) is 10.8. The number of aliphatic hydroxyl groups is 1. The lowest BCUT2D eigenvalue weighted by atomic mass is 9.92. The van der Waals surface area contributed by atoms with E-state index in [2.05, 4.69) is 5.92 Å². The average molecular weight is 334 g/mol. The van der Waals surface area contributed by atoms with Crippen molar-refractivity contribution >= 4 is 9.84 Å². The Kier molecular flexibility index (Phi) is 3.85. The molecule has 0 radical (unpaired) electrons. The first kappa shape index (κ1) is 16.2. The van der Waals surface area contributed by atoms with Crippen molar-refractivity contribution in [2.45, 2.75) is 49.3 Å². The molecule has 0 unspecified atom stereocenters. The second-order valence-corrected chi connectivity index (χ2v) is 8.06. The minimum atomic E-state index is -3.79. The second kappa shape index (κ2) is 5.46. The van der Waals surface area contributed by atoms with Gasteiger partial charge < -0.3 is 14.6 Å². The normalized spacial score (nSPS) is 29.9. The predicted molar refractivity (Wildman–Crippen MR) is 83.9 cm³/mol. The van der Waals surface area contributed by atoms with Crippen molar-refractivity contribution in [3.63, 3.8) is 0 Å². The first-order valence-corrected chi connectivity index (χ1v) is 8.78. The number of aliphatic hydroxyl groups excluding tert-OH is 1. The summed E-state index contributed by atoms with van der Waals surface area (Å²) in [5.74, 6) is 1.45. The van der Waals surface area contributed by atoms with Crippen LogP contribution < -0.4 is 0 Å². The Morgan fingerprint density at radius 2 is 1.91 bits per heavy atom. The topological polar surface area (TPSA) is 72.8 Å². The van der Waals surface area contributed by atoms with Crippen LogP contribution in [0.3, 0.4) is 0 Å². The van der Waals surface area contributed by atoms with Crippen molar-refractivity contribution in [1.29, 1.82) is 0 Å². The summed E-state index contributed by atoms with van der Waals surface area (Å²) < 4.78 is 37.2. The number of rotatable bonds is 2. The highest BCUT2D eigenvalue weighted by atomic mass is 32.2. The van der Waals surface area contributed by atoms with Crippen molar-refractivity contribution < 1.29 is 23.0 Å². The predicted octanol–water partition coefficient (Wildman–Crippen LogP) is 1.63. The van der Waals surface area contributed by atoms with Gasteiger partial charge in [0.25, 0.3) is 0 Å². The third kappa shape index (κ3) is 2.70. The Morgan fingerprint density at radius 1 is 1.26 bits per heavy atom. The molecular formula is C17H18O5S. The highest BCUT2D eigenvalue weighted by molar-refractivity contribution is 7.95. The van der Waals surface area contributed by atoms with E-state index in [1.165, 1.54) is 12.1 Å². The zero-order valence-corrected chi connectivity index (χ0v) is 13.7. The largest absolute Gasteiger partial charge is 0.385 e. The fraction of sp³-hybridized carbons (Fsp3) is 0.412. The Balaban J connectivity index is 2.08. The second-order valence-electron chi connectivity index (χ2n) is 6.09. The van der Waals surface area contributed by atoms with Gasteiger partial charge in [0.1, 0.15) is 12.2 Å². The maximum Gasteiger partial charge on any atom is 0.203 e. The molecule has 1 aliphatic carbocycles. The zero-order chi connectivity index (χ0) is 16.8. The molecule has 1 fully saturated rings. The molecule has 1 aromatic rings. The maximum absolute atomic E-state index is 12.9. The maximum atomic E-state index is 12.9. The van der Waals surface area contributed by atoms with Gasteiger partial charge in [-0.3, -0.25) is 0 Å². The van der Waals surface area contributed by atoms with Crippen molar-refractivity contribution in [3.05, 3.63) is 40.8 Å². The van der Waals surface area contributed by atoms with Gasteiger partial charge in [-0.15, -0.1) is 6.42 Å². The van der Waals surface area contributed by atoms with E-state index in [1.807, 2.05) is 0 Å². The van der Waals surface area contributed by atoms with Crippen molar-refractivity contribution in [3.8, 4) is 12.3 Å². The van der Waals surface area contributed by atoms with E-state index in [1.54, 1.807) is 32.0 Å². The number of ether oxygens (including phenoxy) is 2. The van der Waals surface area contributed by atoms with Gasteiger partial charge in [-0.1, -0.05) is 24.1 Å². The highest BCUT2D eigenvalue weighted by Crippen LogP contribution is 2.41. The summed E-state index contributed by atoms with van der Waals surface area (Å²) in [6.07, 6.45) is 3.15. The van der Waals surface area contributed by atoms with Crippen molar-refractivity contribution in [2.75, 3.05) is 0 Å². The van der Waals surface area contributed by atoms with Gasteiger partial charge in [0.05, 0.1) is 15.9 Å². The van der Waals surface area contributed by atoms with E-state index in [4.69, 9.17) is 15.9 Å². The summed E-state index contributed by atoms with van der Waals surface area (Å²) in [4.78, 5) is 0.174. The number of fused-ring (bicyclic) bond motifs is 1. The minimum Gasteiger partial charge on any atom is -0.385 e. The molecule has 0 amide bonds. The quantitative estimate of drug-likeness (QED) is 0.832. The van der Waals surface area contributed by atoms with Crippen LogP contribution in [-0.2, 0) is 19.3 Å². The molecule has 0 saturated carbocycles. The van der Waals surface area contributed by atoms with E-state index in [-0.39, 0.29) is 21.8 Å². The van der Waals surface area contributed by atoms with Gasteiger partial charge in [-0.25, -0.2) is 8.42 Å². The summed E-state index contributed by atoms with van der Waals surface area (Å²) in [7, 11) is -3.79. The molecule has 5 nitrogen and oxygen atoms in total. The molecule has 23 heavy (non-hydrogen) atoms. The van der Waals surface area contributed by atoms with Gasteiger partial charge in [0.15, 0.2) is 5.79 Å². The average Bonchev–Trinajstić information content (AvgIpc) is 2.83. The summed E-state index contributed by atoms with van der Waals surface area (Å²) in [6, 6.07) is 8.03. The highest BCUT2D eigenvalue weighted by Gasteiger charge is 2.50.